The molecule has 3 rings (SSSR count). The summed E-state index contributed by atoms with van der Waals surface area (Å²) in [5.74, 6) is -0.608. The fourth-order valence-corrected chi connectivity index (χ4v) is 3.42. The second-order valence-corrected chi connectivity index (χ2v) is 8.22. The van der Waals surface area contributed by atoms with Crippen molar-refractivity contribution in [3.63, 3.8) is 0 Å². The number of benzene rings is 2. The van der Waals surface area contributed by atoms with E-state index in [4.69, 9.17) is 21.1 Å². The van der Waals surface area contributed by atoms with Gasteiger partial charge in [-0.2, -0.15) is 0 Å². The molecule has 1 N–H and O–H groups in total. The number of hydrogen-bond acceptors (Lipinski definition) is 5. The highest BCUT2D eigenvalue weighted by atomic mass is 35.5. The Hall–Kier alpha value is -3.06. The van der Waals surface area contributed by atoms with Crippen molar-refractivity contribution in [1.29, 1.82) is 0 Å². The third kappa shape index (κ3) is 5.55. The van der Waals surface area contributed by atoms with Gasteiger partial charge in [0.1, 0.15) is 5.75 Å². The number of rotatable bonds is 7. The fourth-order valence-electron chi connectivity index (χ4n) is 3.25. The lowest BCUT2D eigenvalue weighted by Gasteiger charge is -2.20. The maximum absolute atomic E-state index is 12.7. The minimum absolute atomic E-state index is 0.0844. The van der Waals surface area contributed by atoms with Gasteiger partial charge in [-0.05, 0) is 48.4 Å². The van der Waals surface area contributed by atoms with Gasteiger partial charge in [0.05, 0.1) is 30.9 Å². The van der Waals surface area contributed by atoms with E-state index in [0.717, 1.165) is 0 Å². The van der Waals surface area contributed by atoms with Crippen LogP contribution in [0.25, 0.3) is 0 Å². The van der Waals surface area contributed by atoms with Crippen molar-refractivity contribution in [3.05, 3.63) is 53.1 Å². The monoisotopic (exact) mass is 444 g/mol. The molecule has 0 bridgehead atoms. The van der Waals surface area contributed by atoms with Crippen molar-refractivity contribution in [2.45, 2.75) is 20.3 Å². The molecule has 0 spiro atoms. The van der Waals surface area contributed by atoms with Gasteiger partial charge in [0.25, 0.3) is 0 Å². The molecule has 31 heavy (non-hydrogen) atoms. The lowest BCUT2D eigenvalue weighted by Crippen LogP contribution is -2.28. The Morgan fingerprint density at radius 1 is 1.19 bits per heavy atom. The molecule has 2 amide bonds. The van der Waals surface area contributed by atoms with E-state index in [2.05, 4.69) is 5.32 Å². The minimum Gasteiger partial charge on any atom is -0.495 e. The number of nitrogens with zero attached hydrogens (tertiary/aromatic N) is 1. The van der Waals surface area contributed by atoms with Gasteiger partial charge in [-0.25, -0.2) is 4.79 Å². The summed E-state index contributed by atoms with van der Waals surface area (Å²) in [5, 5.41) is 3.28. The van der Waals surface area contributed by atoms with E-state index in [-0.39, 0.29) is 30.7 Å². The van der Waals surface area contributed by atoms with Crippen molar-refractivity contribution >= 4 is 40.8 Å². The molecule has 2 aromatic carbocycles. The summed E-state index contributed by atoms with van der Waals surface area (Å²) in [4.78, 5) is 38.8. The number of carbonyl (C=O) groups excluding carboxylic acids is 3. The Labute approximate surface area is 186 Å². The quantitative estimate of drug-likeness (QED) is 0.648. The molecule has 8 heteroatoms. The number of halogens is 1. The van der Waals surface area contributed by atoms with Gasteiger partial charge in [0.15, 0.2) is 0 Å². The number of methoxy groups -OCH3 is 1. The SMILES string of the molecule is COc1ccc(Cl)cc1N1C[C@H](C(=O)Nc2ccc(C(=O)OCC(C)C)cc2)CC1=O. The van der Waals surface area contributed by atoms with Crippen molar-refractivity contribution in [2.75, 3.05) is 30.5 Å². The topological polar surface area (TPSA) is 84.9 Å². The first kappa shape index (κ1) is 22.6. The van der Waals surface area contributed by atoms with Crippen molar-refractivity contribution in [2.24, 2.45) is 11.8 Å². The Morgan fingerprint density at radius 3 is 2.55 bits per heavy atom. The molecule has 0 aromatic heterocycles. The van der Waals surface area contributed by atoms with Crippen molar-refractivity contribution in [1.82, 2.24) is 0 Å². The van der Waals surface area contributed by atoms with Crippen LogP contribution >= 0.6 is 11.6 Å². The summed E-state index contributed by atoms with van der Waals surface area (Å²) in [6.07, 6.45) is 0.0844. The number of anilines is 2. The van der Waals surface area contributed by atoms with Crippen molar-refractivity contribution < 1.29 is 23.9 Å². The highest BCUT2D eigenvalue weighted by Gasteiger charge is 2.36. The van der Waals surface area contributed by atoms with E-state index in [0.29, 0.717) is 34.3 Å². The molecular weight excluding hydrogens is 420 g/mol. The predicted molar refractivity (Wildman–Crippen MR) is 119 cm³/mol. The van der Waals surface area contributed by atoms with Crippen LogP contribution in [-0.2, 0) is 14.3 Å². The number of ether oxygens (including phenoxy) is 2. The molecular formula is C23H25ClN2O5. The second-order valence-electron chi connectivity index (χ2n) is 7.78. The zero-order valence-electron chi connectivity index (χ0n) is 17.7. The van der Waals surface area contributed by atoms with Crippen LogP contribution in [0.1, 0.15) is 30.6 Å². The molecule has 0 aliphatic carbocycles. The van der Waals surface area contributed by atoms with Gasteiger partial charge in [0.2, 0.25) is 11.8 Å². The molecule has 1 aliphatic heterocycles. The number of hydrogen-bond donors (Lipinski definition) is 1. The van der Waals surface area contributed by atoms with E-state index in [1.807, 2.05) is 13.8 Å². The molecule has 164 valence electrons. The third-order valence-corrected chi connectivity index (χ3v) is 5.10. The standard InChI is InChI=1S/C23H25ClN2O5/c1-14(2)13-31-23(29)15-4-7-18(8-5-15)25-22(28)16-10-21(27)26(12-16)19-11-17(24)6-9-20(19)30-3/h4-9,11,14,16H,10,12-13H2,1-3H3,(H,25,28)/t16-/m1/s1. The van der Waals surface area contributed by atoms with E-state index in [1.54, 1.807) is 42.5 Å². The van der Waals surface area contributed by atoms with Gasteiger partial charge in [0, 0.05) is 23.7 Å². The van der Waals surface area contributed by atoms with Crippen LogP contribution in [0.5, 0.6) is 5.75 Å². The van der Waals surface area contributed by atoms with Crippen molar-refractivity contribution in [3.8, 4) is 5.75 Å². The maximum Gasteiger partial charge on any atom is 0.338 e. The Kier molecular flexibility index (Phi) is 7.17. The van der Waals surface area contributed by atoms with E-state index >= 15 is 0 Å². The van der Waals surface area contributed by atoms with Gasteiger partial charge < -0.3 is 19.7 Å². The largest absolute Gasteiger partial charge is 0.495 e. The first-order chi connectivity index (χ1) is 14.8. The molecule has 0 saturated carbocycles. The molecule has 2 aromatic rings. The first-order valence-corrected chi connectivity index (χ1v) is 10.4. The molecule has 7 nitrogen and oxygen atoms in total. The maximum atomic E-state index is 12.7. The number of nitrogens with one attached hydrogen (secondary N) is 1. The van der Waals surface area contributed by atoms with Gasteiger partial charge in [-0.1, -0.05) is 25.4 Å². The number of amides is 2. The third-order valence-electron chi connectivity index (χ3n) is 4.86. The molecule has 1 fully saturated rings. The van der Waals surface area contributed by atoms with Gasteiger partial charge >= 0.3 is 5.97 Å². The van der Waals surface area contributed by atoms with Crippen LogP contribution in [0.2, 0.25) is 5.02 Å². The number of carbonyl (C=O) groups is 3. The molecule has 1 saturated heterocycles. The van der Waals surface area contributed by atoms with Crippen LogP contribution in [-0.4, -0.2) is 38.0 Å². The molecule has 0 radical (unpaired) electrons. The van der Waals surface area contributed by atoms with Crippen LogP contribution in [0.3, 0.4) is 0 Å². The van der Waals surface area contributed by atoms with Gasteiger partial charge in [-0.3, -0.25) is 9.59 Å². The lowest BCUT2D eigenvalue weighted by molar-refractivity contribution is -0.122. The first-order valence-electron chi connectivity index (χ1n) is 10.0. The second kappa shape index (κ2) is 9.83. The average Bonchev–Trinajstić information content (AvgIpc) is 3.14. The van der Waals surface area contributed by atoms with Crippen LogP contribution in [0, 0.1) is 11.8 Å². The lowest BCUT2D eigenvalue weighted by atomic mass is 10.1. The number of esters is 1. The van der Waals surface area contributed by atoms with Gasteiger partial charge in [-0.15, -0.1) is 0 Å². The molecule has 1 atom stereocenters. The Morgan fingerprint density at radius 2 is 1.90 bits per heavy atom. The summed E-state index contributed by atoms with van der Waals surface area (Å²) < 4.78 is 10.5. The summed E-state index contributed by atoms with van der Waals surface area (Å²) in [6, 6.07) is 11.5. The molecule has 1 aliphatic rings. The summed E-state index contributed by atoms with van der Waals surface area (Å²) in [6.45, 7) is 4.49. The normalized spacial score (nSPS) is 15.8. The fraction of sp³-hybridized carbons (Fsp3) is 0.348. The van der Waals surface area contributed by atoms with Crippen LogP contribution < -0.4 is 15.0 Å². The van der Waals surface area contributed by atoms with Crippen LogP contribution in [0.15, 0.2) is 42.5 Å². The van der Waals surface area contributed by atoms with Crippen LogP contribution in [0.4, 0.5) is 11.4 Å². The zero-order chi connectivity index (χ0) is 22.5. The molecule has 1 heterocycles. The summed E-state index contributed by atoms with van der Waals surface area (Å²) in [7, 11) is 1.51. The minimum atomic E-state index is -0.521. The zero-order valence-corrected chi connectivity index (χ0v) is 18.4. The molecule has 0 unspecified atom stereocenters. The smallest absolute Gasteiger partial charge is 0.338 e. The summed E-state index contributed by atoms with van der Waals surface area (Å²) >= 11 is 6.07. The van der Waals surface area contributed by atoms with E-state index in [9.17, 15) is 14.4 Å². The highest BCUT2D eigenvalue weighted by Crippen LogP contribution is 2.35. The predicted octanol–water partition coefficient (Wildman–Crippen LogP) is 4.15. The summed E-state index contributed by atoms with van der Waals surface area (Å²) in [5.41, 5.74) is 1.49. The Bertz CT molecular complexity index is 974. The highest BCUT2D eigenvalue weighted by molar-refractivity contribution is 6.31. The average molecular weight is 445 g/mol. The van der Waals surface area contributed by atoms with E-state index < -0.39 is 11.9 Å². The van der Waals surface area contributed by atoms with E-state index in [1.165, 1.54) is 12.0 Å². The Balaban J connectivity index is 1.63.